The van der Waals surface area contributed by atoms with Gasteiger partial charge in [-0.2, -0.15) is 17.4 Å². The van der Waals surface area contributed by atoms with E-state index in [1.54, 1.807) is 0 Å². The van der Waals surface area contributed by atoms with Crippen molar-refractivity contribution < 1.29 is 18.3 Å². The molecule has 1 aliphatic heterocycles. The molecule has 2 heterocycles. The average molecular weight is 333 g/mol. The van der Waals surface area contributed by atoms with Crippen LogP contribution >= 0.6 is 11.3 Å². The molecular weight excluding hydrogens is 314 g/mol. The van der Waals surface area contributed by atoms with Crippen molar-refractivity contribution in [3.63, 3.8) is 0 Å². The van der Waals surface area contributed by atoms with Gasteiger partial charge >= 0.3 is 5.97 Å². The fourth-order valence-corrected chi connectivity index (χ4v) is 4.74. The minimum absolute atomic E-state index is 0.0134. The monoisotopic (exact) mass is 333 g/mol. The zero-order chi connectivity index (χ0) is 15.6. The van der Waals surface area contributed by atoms with Crippen molar-refractivity contribution >= 4 is 27.5 Å². The lowest BCUT2D eigenvalue weighted by Crippen LogP contribution is -2.47. The zero-order valence-corrected chi connectivity index (χ0v) is 13.6. The van der Waals surface area contributed by atoms with Gasteiger partial charge in [-0.15, -0.1) is 11.3 Å². The van der Waals surface area contributed by atoms with Crippen molar-refractivity contribution in [3.05, 3.63) is 16.1 Å². The third-order valence-electron chi connectivity index (χ3n) is 3.35. The first-order valence-electron chi connectivity index (χ1n) is 6.70. The standard InChI is InChI=1S/C12H19N3O4S2/c1-8-3-9(2)6-15(5-8)21(18,19)13-4-11-14-10(7-20-11)12(16)17/h7-9,13H,3-6H2,1-2H3,(H,16,17). The fourth-order valence-electron chi connectivity index (χ4n) is 2.54. The fraction of sp³-hybridized carbons (Fsp3) is 0.667. The number of carboxylic acids is 1. The van der Waals surface area contributed by atoms with Crippen LogP contribution in [0.1, 0.15) is 35.8 Å². The van der Waals surface area contributed by atoms with Gasteiger partial charge in [0.15, 0.2) is 5.69 Å². The smallest absolute Gasteiger partial charge is 0.355 e. The molecule has 0 spiro atoms. The van der Waals surface area contributed by atoms with E-state index >= 15 is 0 Å². The van der Waals surface area contributed by atoms with Gasteiger partial charge in [-0.1, -0.05) is 13.8 Å². The van der Waals surface area contributed by atoms with Crippen LogP contribution in [-0.4, -0.2) is 41.9 Å². The quantitative estimate of drug-likeness (QED) is 0.842. The first-order chi connectivity index (χ1) is 9.78. The molecule has 0 bridgehead atoms. The van der Waals surface area contributed by atoms with Gasteiger partial charge in [-0.05, 0) is 18.3 Å². The van der Waals surface area contributed by atoms with Gasteiger partial charge in [0.1, 0.15) is 5.01 Å². The van der Waals surface area contributed by atoms with E-state index in [0.29, 0.717) is 29.9 Å². The van der Waals surface area contributed by atoms with Gasteiger partial charge in [-0.3, -0.25) is 0 Å². The number of thiazole rings is 1. The van der Waals surface area contributed by atoms with E-state index in [0.717, 1.165) is 17.8 Å². The normalized spacial score (nSPS) is 24.1. The van der Waals surface area contributed by atoms with Crippen LogP contribution in [0.15, 0.2) is 5.38 Å². The molecule has 0 radical (unpaired) electrons. The zero-order valence-electron chi connectivity index (χ0n) is 11.9. The summed E-state index contributed by atoms with van der Waals surface area (Å²) in [4.78, 5) is 14.6. The minimum atomic E-state index is -3.56. The molecule has 9 heteroatoms. The Kier molecular flexibility index (Phi) is 4.97. The Morgan fingerprint density at radius 1 is 1.48 bits per heavy atom. The van der Waals surface area contributed by atoms with Gasteiger partial charge in [0.2, 0.25) is 0 Å². The van der Waals surface area contributed by atoms with E-state index in [1.165, 1.54) is 9.69 Å². The van der Waals surface area contributed by atoms with E-state index in [9.17, 15) is 13.2 Å². The van der Waals surface area contributed by atoms with E-state index < -0.39 is 16.2 Å². The second-order valence-electron chi connectivity index (χ2n) is 5.52. The summed E-state index contributed by atoms with van der Waals surface area (Å²) in [5.74, 6) is -0.438. The molecular formula is C12H19N3O4S2. The molecule has 1 aromatic heterocycles. The maximum absolute atomic E-state index is 12.3. The van der Waals surface area contributed by atoms with Crippen LogP contribution in [0.2, 0.25) is 0 Å². The van der Waals surface area contributed by atoms with E-state index in [2.05, 4.69) is 9.71 Å². The Bertz CT molecular complexity index is 604. The molecule has 2 rings (SSSR count). The first kappa shape index (κ1) is 16.3. The Morgan fingerprint density at radius 2 is 2.10 bits per heavy atom. The summed E-state index contributed by atoms with van der Waals surface area (Å²) in [6, 6.07) is 0. The molecule has 118 valence electrons. The molecule has 2 unspecified atom stereocenters. The molecule has 1 aromatic rings. The highest BCUT2D eigenvalue weighted by atomic mass is 32.2. The molecule has 1 saturated heterocycles. The summed E-state index contributed by atoms with van der Waals surface area (Å²) < 4.78 is 28.5. The number of hydrogen-bond donors (Lipinski definition) is 2. The van der Waals surface area contributed by atoms with Gasteiger partial charge < -0.3 is 5.11 Å². The molecule has 0 aliphatic carbocycles. The van der Waals surface area contributed by atoms with Crippen molar-refractivity contribution in [2.75, 3.05) is 13.1 Å². The molecule has 1 fully saturated rings. The largest absolute Gasteiger partial charge is 0.476 e. The van der Waals surface area contributed by atoms with Gasteiger partial charge in [-0.25, -0.2) is 9.78 Å². The number of aromatic nitrogens is 1. The predicted molar refractivity (Wildman–Crippen MR) is 79.4 cm³/mol. The van der Waals surface area contributed by atoms with E-state index in [4.69, 9.17) is 5.11 Å². The molecule has 7 nitrogen and oxygen atoms in total. The van der Waals surface area contributed by atoms with Gasteiger partial charge in [0.25, 0.3) is 10.2 Å². The van der Waals surface area contributed by atoms with Crippen LogP contribution in [0.25, 0.3) is 0 Å². The Balaban J connectivity index is 1.98. The number of nitrogens with one attached hydrogen (secondary N) is 1. The number of rotatable bonds is 5. The predicted octanol–water partition coefficient (Wildman–Crippen LogP) is 1.15. The van der Waals surface area contributed by atoms with Crippen LogP contribution in [0.3, 0.4) is 0 Å². The second-order valence-corrected chi connectivity index (χ2v) is 8.22. The first-order valence-corrected chi connectivity index (χ1v) is 9.02. The summed E-state index contributed by atoms with van der Waals surface area (Å²) in [7, 11) is -3.56. The maximum Gasteiger partial charge on any atom is 0.355 e. The molecule has 0 saturated carbocycles. The summed E-state index contributed by atoms with van der Waals surface area (Å²) in [5.41, 5.74) is -0.0607. The summed E-state index contributed by atoms with van der Waals surface area (Å²) >= 11 is 1.13. The van der Waals surface area contributed by atoms with Crippen molar-refractivity contribution in [3.8, 4) is 0 Å². The van der Waals surface area contributed by atoms with Crippen molar-refractivity contribution in [2.24, 2.45) is 11.8 Å². The van der Waals surface area contributed by atoms with Gasteiger partial charge in [0.05, 0.1) is 6.54 Å². The highest BCUT2D eigenvalue weighted by molar-refractivity contribution is 7.87. The lowest BCUT2D eigenvalue weighted by molar-refractivity contribution is 0.0691. The Morgan fingerprint density at radius 3 is 2.62 bits per heavy atom. The highest BCUT2D eigenvalue weighted by Crippen LogP contribution is 2.22. The Labute approximate surface area is 128 Å². The number of nitrogens with zero attached hydrogens (tertiary/aromatic N) is 2. The van der Waals surface area contributed by atoms with Crippen molar-refractivity contribution in [1.82, 2.24) is 14.0 Å². The van der Waals surface area contributed by atoms with Crippen LogP contribution in [-0.2, 0) is 16.8 Å². The lowest BCUT2D eigenvalue weighted by atomic mass is 9.94. The average Bonchev–Trinajstić information content (AvgIpc) is 2.84. The van der Waals surface area contributed by atoms with E-state index in [-0.39, 0.29) is 12.2 Å². The lowest BCUT2D eigenvalue weighted by Gasteiger charge is -2.33. The molecule has 0 aromatic carbocycles. The highest BCUT2D eigenvalue weighted by Gasteiger charge is 2.30. The summed E-state index contributed by atoms with van der Waals surface area (Å²) in [6.45, 7) is 5.12. The van der Waals surface area contributed by atoms with Crippen LogP contribution in [0.5, 0.6) is 0 Å². The minimum Gasteiger partial charge on any atom is -0.476 e. The third-order valence-corrected chi connectivity index (χ3v) is 5.69. The molecule has 1 aliphatic rings. The van der Waals surface area contributed by atoms with Crippen LogP contribution < -0.4 is 4.72 Å². The number of aromatic carboxylic acids is 1. The second kappa shape index (κ2) is 6.39. The molecule has 2 atom stereocenters. The number of carbonyl (C=O) groups is 1. The van der Waals surface area contributed by atoms with Crippen molar-refractivity contribution in [1.29, 1.82) is 0 Å². The third kappa shape index (κ3) is 4.22. The molecule has 0 amide bonds. The van der Waals surface area contributed by atoms with Crippen LogP contribution in [0, 0.1) is 11.8 Å². The van der Waals surface area contributed by atoms with Crippen LogP contribution in [0.4, 0.5) is 0 Å². The maximum atomic E-state index is 12.3. The number of carboxylic acid groups (broad SMARTS) is 1. The van der Waals surface area contributed by atoms with Crippen molar-refractivity contribution in [2.45, 2.75) is 26.8 Å². The SMILES string of the molecule is CC1CC(C)CN(S(=O)(=O)NCc2nc(C(=O)O)cs2)C1. The van der Waals surface area contributed by atoms with E-state index in [1.807, 2.05) is 13.8 Å². The number of piperidine rings is 1. The summed E-state index contributed by atoms with van der Waals surface area (Å²) in [5, 5.41) is 10.6. The summed E-state index contributed by atoms with van der Waals surface area (Å²) in [6.07, 6.45) is 1.03. The molecule has 21 heavy (non-hydrogen) atoms. The topological polar surface area (TPSA) is 99.6 Å². The molecule has 2 N–H and O–H groups in total. The number of hydrogen-bond acceptors (Lipinski definition) is 5. The van der Waals surface area contributed by atoms with Gasteiger partial charge in [0, 0.05) is 18.5 Å². The Hall–Kier alpha value is -1.03.